The summed E-state index contributed by atoms with van der Waals surface area (Å²) in [4.78, 5) is 41.4. The van der Waals surface area contributed by atoms with Crippen molar-refractivity contribution in [3.63, 3.8) is 0 Å². The Morgan fingerprint density at radius 3 is 1.86 bits per heavy atom. The van der Waals surface area contributed by atoms with Crippen molar-refractivity contribution < 1.29 is 108 Å². The molecule has 0 amide bonds. The number of fused-ring (bicyclic) bond motifs is 7. The highest BCUT2D eigenvalue weighted by Crippen LogP contribution is 2.76. The van der Waals surface area contributed by atoms with Crippen LogP contribution in [0, 0.1) is 50.2 Å². The Morgan fingerprint density at radius 2 is 1.25 bits per heavy atom. The standard InChI is InChI=1S/C54H84O22/c1-24-40(73-44-37(64)34(61)28(58)21-68-44)36(63)39(66)46(70-24)75-43-42(74-45-38(65)35(62)29(59)22-69-45)41(71-25(2)57)30(20-55)72-47(43)76-48(67)54-17-15-49(3,4)19-27(54)26-9-10-32-50(5)13-12-33(60)51(6,23-56)31(50)11-14-53(32,8)52(26,7)16-18-54/h9,23-24,27-47,55,58-66H,10-22H2,1-8H3/t24-,27-,28+,29-,30+,31+,32+,33-,34-,35-,36-,37+,38+,39+,40-,41+,42-,43+,44-,45+,46-,47-,50-,51-,52+,53+,54-/m0/s1. The molecular formula is C54H84O22. The van der Waals surface area contributed by atoms with E-state index in [9.17, 15) is 60.7 Å². The Hall–Kier alpha value is -2.33. The quantitative estimate of drug-likeness (QED) is 0.0741. The predicted octanol–water partition coefficient (Wildman–Crippen LogP) is 0.0203. The van der Waals surface area contributed by atoms with Crippen LogP contribution in [0.2, 0.25) is 0 Å². The first kappa shape index (κ1) is 58.3. The summed E-state index contributed by atoms with van der Waals surface area (Å²) in [5.41, 5.74) is -1.86. The highest BCUT2D eigenvalue weighted by molar-refractivity contribution is 5.79. The second-order valence-corrected chi connectivity index (χ2v) is 25.6. The van der Waals surface area contributed by atoms with E-state index >= 15 is 4.79 Å². The zero-order chi connectivity index (χ0) is 55.4. The van der Waals surface area contributed by atoms with E-state index in [2.05, 4.69) is 40.7 Å². The van der Waals surface area contributed by atoms with E-state index in [1.807, 2.05) is 6.92 Å². The van der Waals surface area contributed by atoms with Crippen LogP contribution >= 0.6 is 0 Å². The summed E-state index contributed by atoms with van der Waals surface area (Å²) in [5.74, 6) is -1.67. The Morgan fingerprint density at radius 1 is 0.658 bits per heavy atom. The van der Waals surface area contributed by atoms with Crippen LogP contribution in [0.25, 0.3) is 0 Å². The Labute approximate surface area is 443 Å². The number of ether oxygens (including phenoxy) is 9. The molecule has 0 aromatic carbocycles. The number of aliphatic hydroxyl groups excluding tert-OH is 10. The molecule has 0 aromatic heterocycles. The van der Waals surface area contributed by atoms with Crippen LogP contribution < -0.4 is 0 Å². The van der Waals surface area contributed by atoms with E-state index in [-0.39, 0.29) is 39.4 Å². The maximum atomic E-state index is 15.8. The van der Waals surface area contributed by atoms with E-state index in [1.54, 1.807) is 0 Å². The predicted molar refractivity (Wildman–Crippen MR) is 259 cm³/mol. The molecule has 5 aliphatic carbocycles. The third kappa shape index (κ3) is 9.54. The lowest BCUT2D eigenvalue weighted by atomic mass is 9.33. The molecule has 76 heavy (non-hydrogen) atoms. The molecular weight excluding hydrogens is 1000 g/mol. The van der Waals surface area contributed by atoms with E-state index < -0.39 is 159 Å². The van der Waals surface area contributed by atoms with Crippen LogP contribution in [0.5, 0.6) is 0 Å². The largest absolute Gasteiger partial charge is 0.457 e. The van der Waals surface area contributed by atoms with Crippen LogP contribution in [-0.2, 0) is 57.0 Å². The smallest absolute Gasteiger partial charge is 0.315 e. The van der Waals surface area contributed by atoms with E-state index in [1.165, 1.54) is 12.5 Å². The third-order valence-corrected chi connectivity index (χ3v) is 20.8. The summed E-state index contributed by atoms with van der Waals surface area (Å²) in [6.07, 6.45) is -21.3. The van der Waals surface area contributed by atoms with Crippen LogP contribution in [-0.4, -0.2) is 206 Å². The van der Waals surface area contributed by atoms with Crippen molar-refractivity contribution in [1.29, 1.82) is 0 Å². The minimum atomic E-state index is -2.00. The number of esters is 2. The number of hydrogen-bond acceptors (Lipinski definition) is 22. The van der Waals surface area contributed by atoms with Crippen molar-refractivity contribution in [1.82, 2.24) is 0 Å². The SMILES string of the molecule is CC(=O)O[C@H]1[C@H](O[C@H]2OC[C@H](O)[C@H](O)[C@H]2O)[C@@H](O[C@@H]2O[C@@H](C)[C@H](O[C@@H]3OC[C@@H](O)[C@H](O)[C@H]3O)[C@@H](O)[C@H]2O)[C@H](OC(=O)[C@]23CCC(C)(C)C[C@H]2C2=CC[C@@H]4[C@@]5(C)CC[C@H](O)[C@@](C)(C=O)[C@@H]5CC[C@@]4(C)[C@]2(C)CC3)O[C@@H]1CO. The van der Waals surface area contributed by atoms with Crippen molar-refractivity contribution in [3.8, 4) is 0 Å². The minimum absolute atomic E-state index is 0.00669. The lowest BCUT2D eigenvalue weighted by molar-refractivity contribution is -0.389. The van der Waals surface area contributed by atoms with Gasteiger partial charge in [-0.3, -0.25) is 9.59 Å². The average molecular weight is 1090 g/mol. The van der Waals surface area contributed by atoms with Gasteiger partial charge in [0.2, 0.25) is 6.29 Å². The summed E-state index contributed by atoms with van der Waals surface area (Å²) in [6, 6.07) is 0. The molecule has 4 aliphatic heterocycles. The zero-order valence-electron chi connectivity index (χ0n) is 44.9. The molecule has 27 atom stereocenters. The van der Waals surface area contributed by atoms with Crippen LogP contribution in [0.15, 0.2) is 11.6 Å². The van der Waals surface area contributed by atoms with Crippen molar-refractivity contribution in [3.05, 3.63) is 11.6 Å². The number of hydrogen-bond donors (Lipinski definition) is 10. The van der Waals surface area contributed by atoms with E-state index in [0.717, 1.165) is 38.9 Å². The van der Waals surface area contributed by atoms with Crippen molar-refractivity contribution in [2.45, 2.75) is 236 Å². The van der Waals surface area contributed by atoms with Crippen LogP contribution in [0.3, 0.4) is 0 Å². The molecule has 9 rings (SSSR count). The number of carbonyl (C=O) groups is 3. The summed E-state index contributed by atoms with van der Waals surface area (Å²) in [5, 5.41) is 109. The normalized spacial score (nSPS) is 53.1. The molecule has 9 aliphatic rings. The first-order chi connectivity index (χ1) is 35.6. The second kappa shape index (κ2) is 21.2. The monoisotopic (exact) mass is 1080 g/mol. The van der Waals surface area contributed by atoms with Gasteiger partial charge in [-0.05, 0) is 111 Å². The van der Waals surface area contributed by atoms with Crippen LogP contribution in [0.4, 0.5) is 0 Å². The van der Waals surface area contributed by atoms with Gasteiger partial charge in [0.05, 0.1) is 42.9 Å². The summed E-state index contributed by atoms with van der Waals surface area (Å²) in [7, 11) is 0. The molecule has 0 aromatic rings. The number of aliphatic hydroxyl groups is 10. The van der Waals surface area contributed by atoms with Gasteiger partial charge in [-0.1, -0.05) is 53.2 Å². The van der Waals surface area contributed by atoms with Gasteiger partial charge in [0.1, 0.15) is 73.4 Å². The highest BCUT2D eigenvalue weighted by Gasteiger charge is 2.70. The van der Waals surface area contributed by atoms with Gasteiger partial charge in [-0.2, -0.15) is 0 Å². The van der Waals surface area contributed by atoms with Gasteiger partial charge in [0.25, 0.3) is 0 Å². The lowest BCUT2D eigenvalue weighted by Crippen LogP contribution is -2.68. The Kier molecular flexibility index (Phi) is 16.3. The van der Waals surface area contributed by atoms with Crippen molar-refractivity contribution in [2.75, 3.05) is 19.8 Å². The number of allylic oxidation sites excluding steroid dienone is 2. The highest BCUT2D eigenvalue weighted by atomic mass is 16.8. The summed E-state index contributed by atoms with van der Waals surface area (Å²) >= 11 is 0. The van der Waals surface area contributed by atoms with E-state index in [4.69, 9.17) is 42.6 Å². The van der Waals surface area contributed by atoms with Gasteiger partial charge < -0.3 is 98.5 Å². The van der Waals surface area contributed by atoms with Gasteiger partial charge in [0, 0.05) is 6.92 Å². The van der Waals surface area contributed by atoms with Crippen molar-refractivity contribution in [2.24, 2.45) is 50.2 Å². The van der Waals surface area contributed by atoms with Gasteiger partial charge in [-0.15, -0.1) is 0 Å². The Bertz CT molecular complexity index is 2160. The number of rotatable bonds is 11. The average Bonchev–Trinajstić information content (AvgIpc) is 3.56. The molecule has 0 unspecified atom stereocenters. The van der Waals surface area contributed by atoms with Crippen LogP contribution in [0.1, 0.15) is 120 Å². The number of carbonyl (C=O) groups excluding carboxylic acids is 3. The molecule has 432 valence electrons. The molecule has 0 radical (unpaired) electrons. The summed E-state index contributed by atoms with van der Waals surface area (Å²) in [6.45, 7) is 14.1. The first-order valence-electron chi connectivity index (χ1n) is 27.4. The molecule has 4 saturated carbocycles. The minimum Gasteiger partial charge on any atom is -0.457 e. The molecule has 0 bridgehead atoms. The van der Waals surface area contributed by atoms with E-state index in [0.29, 0.717) is 38.5 Å². The van der Waals surface area contributed by atoms with Gasteiger partial charge in [0.15, 0.2) is 31.1 Å². The molecule has 4 saturated heterocycles. The molecule has 22 nitrogen and oxygen atoms in total. The molecule has 10 N–H and O–H groups in total. The fraction of sp³-hybridized carbons (Fsp3) is 0.907. The first-order valence-corrected chi connectivity index (χ1v) is 27.4. The lowest BCUT2D eigenvalue weighted by Gasteiger charge is -2.71. The fourth-order valence-corrected chi connectivity index (χ4v) is 16.0. The topological polar surface area (TPSA) is 337 Å². The van der Waals surface area contributed by atoms with Gasteiger partial charge >= 0.3 is 11.9 Å². The maximum Gasteiger partial charge on any atom is 0.315 e. The fourth-order valence-electron chi connectivity index (χ4n) is 16.0. The van der Waals surface area contributed by atoms with Gasteiger partial charge in [-0.25, -0.2) is 0 Å². The molecule has 8 fully saturated rings. The Balaban J connectivity index is 1.06. The molecule has 0 spiro atoms. The number of aldehydes is 1. The zero-order valence-corrected chi connectivity index (χ0v) is 44.9. The van der Waals surface area contributed by atoms with Crippen molar-refractivity contribution >= 4 is 18.2 Å². The molecule has 22 heteroatoms. The summed E-state index contributed by atoms with van der Waals surface area (Å²) < 4.78 is 54.5. The second-order valence-electron chi connectivity index (χ2n) is 25.6. The third-order valence-electron chi connectivity index (χ3n) is 20.8. The molecule has 4 heterocycles. The maximum absolute atomic E-state index is 15.8.